The van der Waals surface area contributed by atoms with Gasteiger partial charge < -0.3 is 5.32 Å². The summed E-state index contributed by atoms with van der Waals surface area (Å²) in [6.45, 7) is 1.90. The summed E-state index contributed by atoms with van der Waals surface area (Å²) in [4.78, 5) is 26.8. The number of amides is 1. The Kier molecular flexibility index (Phi) is 6.00. The lowest BCUT2D eigenvalue weighted by molar-refractivity contribution is -0.117. The molecule has 1 saturated heterocycles. The fourth-order valence-electron chi connectivity index (χ4n) is 3.15. The van der Waals surface area contributed by atoms with Gasteiger partial charge in [0.2, 0.25) is 5.91 Å². The molecule has 1 N–H and O–H groups in total. The normalized spacial score (nSPS) is 15.7. The van der Waals surface area contributed by atoms with Crippen molar-refractivity contribution in [2.75, 3.05) is 25.0 Å². The van der Waals surface area contributed by atoms with Crippen molar-refractivity contribution in [3.05, 3.63) is 64.6 Å². The Morgan fingerprint density at radius 3 is 2.32 bits per heavy atom. The first-order valence-electron chi connectivity index (χ1n) is 8.49. The molecule has 0 aromatic heterocycles. The Labute approximate surface area is 156 Å². The lowest BCUT2D eigenvalue weighted by Gasteiger charge is -2.30. The molecule has 1 aliphatic heterocycles. The second-order valence-corrected chi connectivity index (χ2v) is 7.16. The van der Waals surface area contributed by atoms with Crippen LogP contribution in [-0.4, -0.2) is 36.2 Å². The molecule has 1 fully saturated rings. The van der Waals surface area contributed by atoms with Gasteiger partial charge in [-0.25, -0.2) is 0 Å². The minimum atomic E-state index is -0.0280. The second-order valence-electron chi connectivity index (χ2n) is 6.31. The van der Waals surface area contributed by atoms with Crippen molar-refractivity contribution in [1.82, 2.24) is 4.90 Å². The third-order valence-electron chi connectivity index (χ3n) is 4.53. The molecule has 1 aliphatic rings. The van der Waals surface area contributed by atoms with E-state index in [-0.39, 0.29) is 17.6 Å². The van der Waals surface area contributed by atoms with E-state index in [0.29, 0.717) is 6.54 Å². The highest BCUT2D eigenvalue weighted by atomic mass is 79.9. The average molecular weight is 401 g/mol. The zero-order valence-corrected chi connectivity index (χ0v) is 15.5. The quantitative estimate of drug-likeness (QED) is 0.772. The Hall–Kier alpha value is -1.98. The van der Waals surface area contributed by atoms with Crippen LogP contribution in [0.1, 0.15) is 23.2 Å². The van der Waals surface area contributed by atoms with Gasteiger partial charge >= 0.3 is 0 Å². The third kappa shape index (κ3) is 4.77. The first kappa shape index (κ1) is 17.8. The van der Waals surface area contributed by atoms with Gasteiger partial charge in [-0.3, -0.25) is 14.5 Å². The van der Waals surface area contributed by atoms with Gasteiger partial charge in [-0.05, 0) is 54.0 Å². The Morgan fingerprint density at radius 2 is 1.64 bits per heavy atom. The SMILES string of the molecule is O=C(CN1CCC(C(=O)c2ccccc2)CC1)Nc1ccccc1Br. The van der Waals surface area contributed by atoms with E-state index in [9.17, 15) is 9.59 Å². The number of nitrogens with one attached hydrogen (secondary N) is 1. The maximum atomic E-state index is 12.5. The first-order chi connectivity index (χ1) is 12.1. The van der Waals surface area contributed by atoms with E-state index >= 15 is 0 Å². The van der Waals surface area contributed by atoms with Gasteiger partial charge in [-0.2, -0.15) is 0 Å². The van der Waals surface area contributed by atoms with E-state index in [0.717, 1.165) is 41.7 Å². The number of piperidine rings is 1. The van der Waals surface area contributed by atoms with Crippen molar-refractivity contribution in [3.8, 4) is 0 Å². The molecule has 25 heavy (non-hydrogen) atoms. The summed E-state index contributed by atoms with van der Waals surface area (Å²) in [7, 11) is 0. The number of nitrogens with zero attached hydrogens (tertiary/aromatic N) is 1. The van der Waals surface area contributed by atoms with Gasteiger partial charge in [0.25, 0.3) is 0 Å². The van der Waals surface area contributed by atoms with Crippen LogP contribution in [0.5, 0.6) is 0 Å². The number of likely N-dealkylation sites (tertiary alicyclic amines) is 1. The predicted molar refractivity (Wildman–Crippen MR) is 103 cm³/mol. The molecular formula is C20H21BrN2O2. The lowest BCUT2D eigenvalue weighted by atomic mass is 9.89. The first-order valence-corrected chi connectivity index (χ1v) is 9.29. The molecule has 0 saturated carbocycles. The number of hydrogen-bond donors (Lipinski definition) is 1. The summed E-state index contributed by atoms with van der Waals surface area (Å²) in [5.41, 5.74) is 1.56. The van der Waals surface area contributed by atoms with E-state index in [4.69, 9.17) is 0 Å². The topological polar surface area (TPSA) is 49.4 Å². The molecule has 1 amide bonds. The summed E-state index contributed by atoms with van der Waals surface area (Å²) in [5.74, 6) is 0.252. The fourth-order valence-corrected chi connectivity index (χ4v) is 3.53. The van der Waals surface area contributed by atoms with Crippen LogP contribution in [0, 0.1) is 5.92 Å². The summed E-state index contributed by atoms with van der Waals surface area (Å²) in [6.07, 6.45) is 1.60. The van der Waals surface area contributed by atoms with Crippen LogP contribution >= 0.6 is 15.9 Å². The van der Waals surface area contributed by atoms with Crippen molar-refractivity contribution in [1.29, 1.82) is 0 Å². The van der Waals surface area contributed by atoms with E-state index in [1.165, 1.54) is 0 Å². The monoisotopic (exact) mass is 400 g/mol. The number of hydrogen-bond acceptors (Lipinski definition) is 3. The number of Topliss-reactive ketones (excluding diaryl/α,β-unsaturated/α-hetero) is 1. The second kappa shape index (κ2) is 8.41. The molecule has 0 atom stereocenters. The van der Waals surface area contributed by atoms with Crippen molar-refractivity contribution in [2.24, 2.45) is 5.92 Å². The molecule has 2 aromatic carbocycles. The number of para-hydroxylation sites is 1. The lowest BCUT2D eigenvalue weighted by Crippen LogP contribution is -2.40. The van der Waals surface area contributed by atoms with Crippen molar-refractivity contribution in [3.63, 3.8) is 0 Å². The predicted octanol–water partition coefficient (Wildman–Crippen LogP) is 3.98. The molecule has 130 valence electrons. The molecule has 0 aliphatic carbocycles. The fraction of sp³-hybridized carbons (Fsp3) is 0.300. The Bertz CT molecular complexity index is 740. The van der Waals surface area contributed by atoms with Gasteiger partial charge in [0, 0.05) is 16.0 Å². The van der Waals surface area contributed by atoms with Crippen molar-refractivity contribution in [2.45, 2.75) is 12.8 Å². The smallest absolute Gasteiger partial charge is 0.238 e. The molecule has 3 rings (SSSR count). The molecule has 0 unspecified atom stereocenters. The number of anilines is 1. The standard InChI is InChI=1S/C20H21BrN2O2/c21-17-8-4-5-9-18(17)22-19(24)14-23-12-10-16(11-13-23)20(25)15-6-2-1-3-7-15/h1-9,16H,10-14H2,(H,22,24). The average Bonchev–Trinajstić information content (AvgIpc) is 2.64. The number of carbonyl (C=O) groups is 2. The maximum absolute atomic E-state index is 12.5. The van der Waals surface area contributed by atoms with Gasteiger partial charge in [0.05, 0.1) is 12.2 Å². The van der Waals surface area contributed by atoms with E-state index in [1.54, 1.807) is 0 Å². The third-order valence-corrected chi connectivity index (χ3v) is 5.22. The number of ketones is 1. The van der Waals surface area contributed by atoms with Crippen LogP contribution in [-0.2, 0) is 4.79 Å². The molecule has 1 heterocycles. The van der Waals surface area contributed by atoms with Crippen LogP contribution in [0.15, 0.2) is 59.1 Å². The summed E-state index contributed by atoms with van der Waals surface area (Å²) < 4.78 is 0.871. The molecular weight excluding hydrogens is 380 g/mol. The van der Waals surface area contributed by atoms with Crippen molar-refractivity contribution >= 4 is 33.3 Å². The van der Waals surface area contributed by atoms with Crippen molar-refractivity contribution < 1.29 is 9.59 Å². The van der Waals surface area contributed by atoms with Crippen LogP contribution in [0.4, 0.5) is 5.69 Å². The highest BCUT2D eigenvalue weighted by Gasteiger charge is 2.26. The van der Waals surface area contributed by atoms with Gasteiger partial charge in [0.1, 0.15) is 0 Å². The summed E-state index contributed by atoms with van der Waals surface area (Å²) >= 11 is 3.43. The van der Waals surface area contributed by atoms with Crippen LogP contribution in [0.25, 0.3) is 0 Å². The molecule has 2 aromatic rings. The maximum Gasteiger partial charge on any atom is 0.238 e. The number of carbonyl (C=O) groups excluding carboxylic acids is 2. The summed E-state index contributed by atoms with van der Waals surface area (Å²) in [6, 6.07) is 17.0. The Balaban J connectivity index is 1.48. The number of rotatable bonds is 5. The Morgan fingerprint density at radius 1 is 1.00 bits per heavy atom. The van der Waals surface area contributed by atoms with Gasteiger partial charge in [0.15, 0.2) is 5.78 Å². The minimum absolute atomic E-state index is 0.0280. The van der Waals surface area contributed by atoms with Crippen LogP contribution < -0.4 is 5.32 Å². The zero-order chi connectivity index (χ0) is 17.6. The summed E-state index contributed by atoms with van der Waals surface area (Å²) in [5, 5.41) is 2.92. The minimum Gasteiger partial charge on any atom is -0.324 e. The molecule has 0 spiro atoms. The molecule has 0 bridgehead atoms. The number of halogens is 1. The van der Waals surface area contributed by atoms with E-state index in [1.807, 2.05) is 54.6 Å². The molecule has 5 heteroatoms. The highest BCUT2D eigenvalue weighted by molar-refractivity contribution is 9.10. The van der Waals surface area contributed by atoms with Gasteiger partial charge in [-0.15, -0.1) is 0 Å². The van der Waals surface area contributed by atoms with Crippen LogP contribution in [0.2, 0.25) is 0 Å². The van der Waals surface area contributed by atoms with E-state index < -0.39 is 0 Å². The van der Waals surface area contributed by atoms with Crippen LogP contribution in [0.3, 0.4) is 0 Å². The van der Waals surface area contributed by atoms with E-state index in [2.05, 4.69) is 26.1 Å². The highest BCUT2D eigenvalue weighted by Crippen LogP contribution is 2.23. The molecule has 0 radical (unpaired) electrons. The molecule has 4 nitrogen and oxygen atoms in total. The number of benzene rings is 2. The zero-order valence-electron chi connectivity index (χ0n) is 14.0. The largest absolute Gasteiger partial charge is 0.324 e. The van der Waals surface area contributed by atoms with Gasteiger partial charge in [-0.1, -0.05) is 42.5 Å².